The molecule has 1 saturated heterocycles. The predicted octanol–water partition coefficient (Wildman–Crippen LogP) is 2.25. The van der Waals surface area contributed by atoms with Gasteiger partial charge in [-0.1, -0.05) is 26.0 Å². The standard InChI is InChI=1S/C18H28N4O2/c1-13(2)8-9-20-18(19)21-12-14-5-3-6-15(11-14)22-17(23)16-7-4-10-24-16/h3,5-6,11,13,16H,4,7-10,12H2,1-2H3,(H,22,23)(H3,19,20,21). The molecule has 1 atom stereocenters. The zero-order valence-corrected chi connectivity index (χ0v) is 14.5. The Bertz CT molecular complexity index is 566. The Labute approximate surface area is 143 Å². The van der Waals surface area contributed by atoms with E-state index in [1.807, 2.05) is 24.3 Å². The minimum absolute atomic E-state index is 0.0805. The van der Waals surface area contributed by atoms with E-state index >= 15 is 0 Å². The van der Waals surface area contributed by atoms with E-state index in [4.69, 9.17) is 10.5 Å². The van der Waals surface area contributed by atoms with Crippen molar-refractivity contribution in [1.29, 1.82) is 0 Å². The number of nitrogens with zero attached hydrogens (tertiary/aromatic N) is 1. The minimum atomic E-state index is -0.326. The summed E-state index contributed by atoms with van der Waals surface area (Å²) >= 11 is 0. The number of carbonyl (C=O) groups excluding carboxylic acids is 1. The van der Waals surface area contributed by atoms with Crippen LogP contribution < -0.4 is 16.4 Å². The molecule has 132 valence electrons. The number of carbonyl (C=O) groups is 1. The van der Waals surface area contributed by atoms with Crippen LogP contribution in [-0.4, -0.2) is 31.1 Å². The van der Waals surface area contributed by atoms with Gasteiger partial charge in [0.1, 0.15) is 6.10 Å². The number of anilines is 1. The first kappa shape index (κ1) is 18.3. The molecule has 1 fully saturated rings. The summed E-state index contributed by atoms with van der Waals surface area (Å²) in [4.78, 5) is 16.4. The van der Waals surface area contributed by atoms with E-state index in [9.17, 15) is 4.79 Å². The number of ether oxygens (including phenoxy) is 1. The second-order valence-corrected chi connectivity index (χ2v) is 6.50. The predicted molar refractivity (Wildman–Crippen MR) is 96.8 cm³/mol. The fourth-order valence-corrected chi connectivity index (χ4v) is 2.48. The molecular formula is C18H28N4O2. The highest BCUT2D eigenvalue weighted by Gasteiger charge is 2.23. The minimum Gasteiger partial charge on any atom is -0.370 e. The summed E-state index contributed by atoms with van der Waals surface area (Å²) in [6, 6.07) is 7.65. The fourth-order valence-electron chi connectivity index (χ4n) is 2.48. The van der Waals surface area contributed by atoms with Gasteiger partial charge in [0.05, 0.1) is 6.54 Å². The van der Waals surface area contributed by atoms with E-state index < -0.39 is 0 Å². The summed E-state index contributed by atoms with van der Waals surface area (Å²) in [7, 11) is 0. The highest BCUT2D eigenvalue weighted by atomic mass is 16.5. The van der Waals surface area contributed by atoms with Crippen LogP contribution in [0.2, 0.25) is 0 Å². The van der Waals surface area contributed by atoms with Gasteiger partial charge in [0.2, 0.25) is 0 Å². The van der Waals surface area contributed by atoms with Crippen LogP contribution in [0.1, 0.15) is 38.7 Å². The third-order valence-electron chi connectivity index (χ3n) is 3.88. The van der Waals surface area contributed by atoms with Gasteiger partial charge in [0, 0.05) is 18.8 Å². The number of hydrogen-bond acceptors (Lipinski definition) is 3. The van der Waals surface area contributed by atoms with Gasteiger partial charge in [-0.25, -0.2) is 4.99 Å². The number of rotatable bonds is 7. The largest absolute Gasteiger partial charge is 0.370 e. The fraction of sp³-hybridized carbons (Fsp3) is 0.556. The molecule has 2 rings (SSSR count). The zero-order chi connectivity index (χ0) is 17.4. The van der Waals surface area contributed by atoms with Crippen LogP contribution in [0.15, 0.2) is 29.3 Å². The van der Waals surface area contributed by atoms with E-state index in [0.29, 0.717) is 25.0 Å². The van der Waals surface area contributed by atoms with Crippen LogP contribution in [-0.2, 0) is 16.1 Å². The van der Waals surface area contributed by atoms with Gasteiger partial charge in [-0.15, -0.1) is 0 Å². The van der Waals surface area contributed by atoms with Crippen molar-refractivity contribution in [1.82, 2.24) is 5.32 Å². The molecular weight excluding hydrogens is 304 g/mol. The smallest absolute Gasteiger partial charge is 0.253 e. The molecule has 0 spiro atoms. The van der Waals surface area contributed by atoms with Crippen LogP contribution in [0.5, 0.6) is 0 Å². The maximum Gasteiger partial charge on any atom is 0.253 e. The Hall–Kier alpha value is -2.08. The summed E-state index contributed by atoms with van der Waals surface area (Å²) in [5.74, 6) is 1.00. The molecule has 0 radical (unpaired) electrons. The molecule has 4 N–H and O–H groups in total. The second kappa shape index (κ2) is 9.27. The van der Waals surface area contributed by atoms with Gasteiger partial charge in [-0.2, -0.15) is 0 Å². The van der Waals surface area contributed by atoms with E-state index in [1.165, 1.54) is 0 Å². The Morgan fingerprint density at radius 3 is 3.00 bits per heavy atom. The van der Waals surface area contributed by atoms with Crippen LogP contribution in [0.4, 0.5) is 5.69 Å². The normalized spacial score (nSPS) is 18.0. The average Bonchev–Trinajstić information content (AvgIpc) is 3.07. The van der Waals surface area contributed by atoms with Gasteiger partial charge < -0.3 is 21.1 Å². The molecule has 0 saturated carbocycles. The lowest BCUT2D eigenvalue weighted by Crippen LogP contribution is -2.32. The number of nitrogens with two attached hydrogens (primary N) is 1. The summed E-state index contributed by atoms with van der Waals surface area (Å²) in [6.45, 7) is 6.31. The molecule has 0 aromatic heterocycles. The topological polar surface area (TPSA) is 88.7 Å². The number of aliphatic imine (C=N–C) groups is 1. The first-order valence-corrected chi connectivity index (χ1v) is 8.60. The van der Waals surface area contributed by atoms with Crippen molar-refractivity contribution in [2.75, 3.05) is 18.5 Å². The van der Waals surface area contributed by atoms with E-state index in [2.05, 4.69) is 29.5 Å². The van der Waals surface area contributed by atoms with Crippen molar-refractivity contribution in [2.24, 2.45) is 16.6 Å². The zero-order valence-electron chi connectivity index (χ0n) is 14.5. The van der Waals surface area contributed by atoms with Crippen molar-refractivity contribution >= 4 is 17.6 Å². The molecule has 1 aromatic rings. The lowest BCUT2D eigenvalue weighted by atomic mass is 10.1. The molecule has 0 bridgehead atoms. The molecule has 1 unspecified atom stereocenters. The molecule has 0 aliphatic carbocycles. The quantitative estimate of drug-likeness (QED) is 0.528. The first-order valence-electron chi connectivity index (χ1n) is 8.60. The number of benzene rings is 1. The average molecular weight is 332 g/mol. The van der Waals surface area contributed by atoms with Gasteiger partial charge in [-0.05, 0) is 42.9 Å². The van der Waals surface area contributed by atoms with Crippen LogP contribution in [0.3, 0.4) is 0 Å². The van der Waals surface area contributed by atoms with E-state index in [1.54, 1.807) is 0 Å². The Kier molecular flexibility index (Phi) is 7.06. The molecule has 6 heteroatoms. The number of hydrogen-bond donors (Lipinski definition) is 3. The van der Waals surface area contributed by atoms with Gasteiger partial charge >= 0.3 is 0 Å². The van der Waals surface area contributed by atoms with Crippen LogP contribution >= 0.6 is 0 Å². The highest BCUT2D eigenvalue weighted by molar-refractivity contribution is 5.94. The maximum atomic E-state index is 12.1. The monoisotopic (exact) mass is 332 g/mol. The Morgan fingerprint density at radius 2 is 2.29 bits per heavy atom. The SMILES string of the molecule is CC(C)CCNC(N)=NCc1cccc(NC(=O)C2CCCO2)c1. The number of amides is 1. The molecule has 1 aliphatic rings. The Balaban J connectivity index is 1.84. The van der Waals surface area contributed by atoms with Gasteiger partial charge in [0.25, 0.3) is 5.91 Å². The van der Waals surface area contributed by atoms with Crippen molar-refractivity contribution in [3.05, 3.63) is 29.8 Å². The van der Waals surface area contributed by atoms with Crippen molar-refractivity contribution in [3.8, 4) is 0 Å². The van der Waals surface area contributed by atoms with Crippen molar-refractivity contribution in [3.63, 3.8) is 0 Å². The molecule has 1 aromatic carbocycles. The summed E-state index contributed by atoms with van der Waals surface area (Å²) in [5.41, 5.74) is 7.61. The third kappa shape index (κ3) is 6.20. The van der Waals surface area contributed by atoms with Crippen molar-refractivity contribution in [2.45, 2.75) is 45.8 Å². The second-order valence-electron chi connectivity index (χ2n) is 6.50. The van der Waals surface area contributed by atoms with Crippen molar-refractivity contribution < 1.29 is 9.53 Å². The summed E-state index contributed by atoms with van der Waals surface area (Å²) in [6.07, 6.45) is 2.46. The molecule has 1 aliphatic heterocycles. The van der Waals surface area contributed by atoms with Gasteiger partial charge in [-0.3, -0.25) is 4.79 Å². The maximum absolute atomic E-state index is 12.1. The molecule has 1 heterocycles. The lowest BCUT2D eigenvalue weighted by Gasteiger charge is -2.11. The van der Waals surface area contributed by atoms with Crippen LogP contribution in [0, 0.1) is 5.92 Å². The lowest BCUT2D eigenvalue weighted by molar-refractivity contribution is -0.124. The van der Waals surface area contributed by atoms with Crippen LogP contribution in [0.25, 0.3) is 0 Å². The molecule has 1 amide bonds. The number of guanidine groups is 1. The first-order chi connectivity index (χ1) is 11.5. The summed E-state index contributed by atoms with van der Waals surface area (Å²) in [5, 5.41) is 6.01. The van der Waals surface area contributed by atoms with E-state index in [-0.39, 0.29) is 12.0 Å². The molecule has 6 nitrogen and oxygen atoms in total. The third-order valence-corrected chi connectivity index (χ3v) is 3.88. The summed E-state index contributed by atoms with van der Waals surface area (Å²) < 4.78 is 5.39. The van der Waals surface area contributed by atoms with E-state index in [0.717, 1.165) is 37.1 Å². The van der Waals surface area contributed by atoms with Gasteiger partial charge in [0.15, 0.2) is 5.96 Å². The highest BCUT2D eigenvalue weighted by Crippen LogP contribution is 2.16. The number of nitrogens with one attached hydrogen (secondary N) is 2. The Morgan fingerprint density at radius 1 is 1.46 bits per heavy atom. The molecule has 24 heavy (non-hydrogen) atoms.